The SMILES string of the molecule is CCn1nc(C2CCCCN2)cc1CO. The lowest BCUT2D eigenvalue weighted by molar-refractivity contribution is 0.268. The van der Waals surface area contributed by atoms with Crippen molar-refractivity contribution in [1.82, 2.24) is 15.1 Å². The molecule has 0 aromatic carbocycles. The van der Waals surface area contributed by atoms with E-state index in [0.29, 0.717) is 6.04 Å². The maximum absolute atomic E-state index is 9.18. The normalized spacial score (nSPS) is 21.9. The molecule has 1 unspecified atom stereocenters. The predicted molar refractivity (Wildman–Crippen MR) is 58.4 cm³/mol. The number of aryl methyl sites for hydroxylation is 1. The van der Waals surface area contributed by atoms with Gasteiger partial charge in [0, 0.05) is 6.54 Å². The zero-order chi connectivity index (χ0) is 10.7. The van der Waals surface area contributed by atoms with Crippen molar-refractivity contribution in [2.75, 3.05) is 6.54 Å². The Morgan fingerprint density at radius 3 is 3.00 bits per heavy atom. The van der Waals surface area contributed by atoms with E-state index in [1.54, 1.807) is 0 Å². The highest BCUT2D eigenvalue weighted by molar-refractivity contribution is 5.14. The molecule has 0 saturated carbocycles. The summed E-state index contributed by atoms with van der Waals surface area (Å²) in [5.41, 5.74) is 2.00. The van der Waals surface area contributed by atoms with E-state index in [1.807, 2.05) is 17.7 Å². The lowest BCUT2D eigenvalue weighted by atomic mass is 10.0. The van der Waals surface area contributed by atoms with Crippen molar-refractivity contribution in [3.63, 3.8) is 0 Å². The number of rotatable bonds is 3. The van der Waals surface area contributed by atoms with E-state index in [4.69, 9.17) is 0 Å². The van der Waals surface area contributed by atoms with Gasteiger partial charge in [-0.2, -0.15) is 5.10 Å². The molecule has 2 heterocycles. The third-order valence-corrected chi connectivity index (χ3v) is 3.01. The van der Waals surface area contributed by atoms with Crippen LogP contribution in [0.15, 0.2) is 6.07 Å². The van der Waals surface area contributed by atoms with Crippen LogP contribution in [0.1, 0.15) is 43.6 Å². The van der Waals surface area contributed by atoms with Crippen molar-refractivity contribution >= 4 is 0 Å². The molecule has 1 aromatic heterocycles. The Morgan fingerprint density at radius 1 is 1.60 bits per heavy atom. The summed E-state index contributed by atoms with van der Waals surface area (Å²) >= 11 is 0. The highest BCUT2D eigenvalue weighted by atomic mass is 16.3. The predicted octanol–water partition coefficient (Wildman–Crippen LogP) is 1.21. The number of aliphatic hydroxyl groups excluding tert-OH is 1. The molecule has 0 spiro atoms. The fourth-order valence-electron chi connectivity index (χ4n) is 2.15. The highest BCUT2D eigenvalue weighted by Crippen LogP contribution is 2.22. The zero-order valence-corrected chi connectivity index (χ0v) is 9.24. The summed E-state index contributed by atoms with van der Waals surface area (Å²) in [5, 5.41) is 17.2. The quantitative estimate of drug-likeness (QED) is 0.786. The first-order valence-corrected chi connectivity index (χ1v) is 5.76. The van der Waals surface area contributed by atoms with Crippen LogP contribution in [0.2, 0.25) is 0 Å². The summed E-state index contributed by atoms with van der Waals surface area (Å²) in [6.07, 6.45) is 3.69. The van der Waals surface area contributed by atoms with E-state index in [9.17, 15) is 5.11 Å². The Labute approximate surface area is 90.3 Å². The number of nitrogens with zero attached hydrogens (tertiary/aromatic N) is 2. The molecule has 1 aliphatic heterocycles. The maximum atomic E-state index is 9.18. The minimum atomic E-state index is 0.0769. The Hall–Kier alpha value is -0.870. The Bertz CT molecular complexity index is 294. The van der Waals surface area contributed by atoms with Crippen molar-refractivity contribution in [2.24, 2.45) is 0 Å². The number of piperidine rings is 1. The summed E-state index contributed by atoms with van der Waals surface area (Å²) in [6, 6.07) is 2.41. The number of aromatic nitrogens is 2. The number of hydrogen-bond donors (Lipinski definition) is 2. The van der Waals surface area contributed by atoms with Gasteiger partial charge in [0.25, 0.3) is 0 Å². The van der Waals surface area contributed by atoms with Crippen LogP contribution in [-0.2, 0) is 13.2 Å². The maximum Gasteiger partial charge on any atom is 0.0849 e. The number of nitrogens with one attached hydrogen (secondary N) is 1. The second kappa shape index (κ2) is 4.77. The van der Waals surface area contributed by atoms with Crippen LogP contribution in [0.4, 0.5) is 0 Å². The lowest BCUT2D eigenvalue weighted by Crippen LogP contribution is -2.27. The molecule has 1 fully saturated rings. The summed E-state index contributed by atoms with van der Waals surface area (Å²) < 4.78 is 1.88. The summed E-state index contributed by atoms with van der Waals surface area (Å²) in [6.45, 7) is 4.03. The summed E-state index contributed by atoms with van der Waals surface area (Å²) in [4.78, 5) is 0. The van der Waals surface area contributed by atoms with E-state index in [1.165, 1.54) is 12.8 Å². The molecule has 0 aliphatic carbocycles. The molecular formula is C11H19N3O. The van der Waals surface area contributed by atoms with Gasteiger partial charge in [-0.15, -0.1) is 0 Å². The topological polar surface area (TPSA) is 50.1 Å². The molecule has 1 saturated heterocycles. The van der Waals surface area contributed by atoms with Gasteiger partial charge < -0.3 is 10.4 Å². The fourth-order valence-corrected chi connectivity index (χ4v) is 2.15. The fraction of sp³-hybridized carbons (Fsp3) is 0.727. The van der Waals surface area contributed by atoms with Gasteiger partial charge in [0.15, 0.2) is 0 Å². The van der Waals surface area contributed by atoms with E-state index in [-0.39, 0.29) is 6.61 Å². The molecule has 4 heteroatoms. The van der Waals surface area contributed by atoms with E-state index < -0.39 is 0 Å². The van der Waals surface area contributed by atoms with Crippen LogP contribution in [0.25, 0.3) is 0 Å². The molecule has 15 heavy (non-hydrogen) atoms. The molecule has 4 nitrogen and oxygen atoms in total. The summed E-state index contributed by atoms with van der Waals surface area (Å²) in [7, 11) is 0. The van der Waals surface area contributed by atoms with Crippen LogP contribution >= 0.6 is 0 Å². The minimum Gasteiger partial charge on any atom is -0.390 e. The van der Waals surface area contributed by atoms with Crippen molar-refractivity contribution in [2.45, 2.75) is 45.4 Å². The Kier molecular flexibility index (Phi) is 3.38. The van der Waals surface area contributed by atoms with Gasteiger partial charge in [0.05, 0.1) is 24.0 Å². The van der Waals surface area contributed by atoms with Gasteiger partial charge in [-0.3, -0.25) is 4.68 Å². The zero-order valence-electron chi connectivity index (χ0n) is 9.24. The van der Waals surface area contributed by atoms with Gasteiger partial charge in [0.2, 0.25) is 0 Å². The average molecular weight is 209 g/mol. The monoisotopic (exact) mass is 209 g/mol. The molecule has 1 aromatic rings. The first kappa shape index (κ1) is 10.6. The van der Waals surface area contributed by atoms with Crippen LogP contribution in [-0.4, -0.2) is 21.4 Å². The van der Waals surface area contributed by atoms with Crippen LogP contribution < -0.4 is 5.32 Å². The largest absolute Gasteiger partial charge is 0.390 e. The molecule has 0 bridgehead atoms. The first-order valence-electron chi connectivity index (χ1n) is 5.76. The Balaban J connectivity index is 2.16. The lowest BCUT2D eigenvalue weighted by Gasteiger charge is -2.21. The third-order valence-electron chi connectivity index (χ3n) is 3.01. The average Bonchev–Trinajstić information content (AvgIpc) is 2.73. The molecule has 84 valence electrons. The van der Waals surface area contributed by atoms with E-state index in [2.05, 4.69) is 10.4 Å². The molecule has 2 N–H and O–H groups in total. The molecule has 0 amide bonds. The molecule has 1 aliphatic rings. The van der Waals surface area contributed by atoms with Crippen molar-refractivity contribution < 1.29 is 5.11 Å². The summed E-state index contributed by atoms with van der Waals surface area (Å²) in [5.74, 6) is 0. The van der Waals surface area contributed by atoms with Crippen LogP contribution in [0.3, 0.4) is 0 Å². The minimum absolute atomic E-state index is 0.0769. The van der Waals surface area contributed by atoms with Gasteiger partial charge in [-0.1, -0.05) is 6.42 Å². The number of aliphatic hydroxyl groups is 1. The second-order valence-electron chi connectivity index (χ2n) is 4.04. The molecule has 1 atom stereocenters. The van der Waals surface area contributed by atoms with Gasteiger partial charge in [-0.25, -0.2) is 0 Å². The van der Waals surface area contributed by atoms with E-state index >= 15 is 0 Å². The Morgan fingerprint density at radius 2 is 2.47 bits per heavy atom. The smallest absolute Gasteiger partial charge is 0.0849 e. The molecule has 0 radical (unpaired) electrons. The van der Waals surface area contributed by atoms with Crippen molar-refractivity contribution in [1.29, 1.82) is 0 Å². The second-order valence-corrected chi connectivity index (χ2v) is 4.04. The van der Waals surface area contributed by atoms with Crippen molar-refractivity contribution in [3.8, 4) is 0 Å². The van der Waals surface area contributed by atoms with Crippen LogP contribution in [0, 0.1) is 0 Å². The van der Waals surface area contributed by atoms with Crippen LogP contribution in [0.5, 0.6) is 0 Å². The number of hydrogen-bond acceptors (Lipinski definition) is 3. The standard InChI is InChI=1S/C11H19N3O/c1-2-14-9(8-15)7-11(13-14)10-5-3-4-6-12-10/h7,10,12,15H,2-6,8H2,1H3. The van der Waals surface area contributed by atoms with E-state index in [0.717, 1.165) is 30.9 Å². The first-order chi connectivity index (χ1) is 7.35. The highest BCUT2D eigenvalue weighted by Gasteiger charge is 2.18. The van der Waals surface area contributed by atoms with Gasteiger partial charge in [0.1, 0.15) is 0 Å². The van der Waals surface area contributed by atoms with Gasteiger partial charge >= 0.3 is 0 Å². The van der Waals surface area contributed by atoms with Crippen molar-refractivity contribution in [3.05, 3.63) is 17.5 Å². The molecular weight excluding hydrogens is 190 g/mol. The van der Waals surface area contributed by atoms with Gasteiger partial charge in [-0.05, 0) is 32.4 Å². The molecule has 2 rings (SSSR count). The third kappa shape index (κ3) is 2.21.